The molecule has 1 amide bonds. The highest BCUT2D eigenvalue weighted by molar-refractivity contribution is 7.90. The van der Waals surface area contributed by atoms with Gasteiger partial charge in [0.25, 0.3) is 0 Å². The first-order valence-corrected chi connectivity index (χ1v) is 14.9. The van der Waals surface area contributed by atoms with E-state index in [1.54, 1.807) is 28.1 Å². The third-order valence-electron chi connectivity index (χ3n) is 7.56. The topological polar surface area (TPSA) is 100 Å². The highest BCUT2D eigenvalue weighted by atomic mass is 32.2. The molecule has 0 radical (unpaired) electrons. The van der Waals surface area contributed by atoms with E-state index in [-0.39, 0.29) is 17.9 Å². The van der Waals surface area contributed by atoms with Gasteiger partial charge in [-0.05, 0) is 75.9 Å². The number of methoxy groups -OCH3 is 2. The fourth-order valence-electron chi connectivity index (χ4n) is 5.09. The maximum absolute atomic E-state index is 12.8. The molecule has 0 aromatic heterocycles. The first kappa shape index (κ1) is 28.0. The lowest BCUT2D eigenvalue weighted by Gasteiger charge is -2.37. The van der Waals surface area contributed by atoms with Gasteiger partial charge in [0, 0.05) is 61.3 Å². The summed E-state index contributed by atoms with van der Waals surface area (Å²) in [5, 5.41) is 2.59. The van der Waals surface area contributed by atoms with Crippen molar-refractivity contribution in [3.05, 3.63) is 42.5 Å². The van der Waals surface area contributed by atoms with Gasteiger partial charge < -0.3 is 24.6 Å². The van der Waals surface area contributed by atoms with E-state index in [2.05, 4.69) is 38.0 Å². The molecule has 1 aliphatic carbocycles. The quantitative estimate of drug-likeness (QED) is 0.495. The lowest BCUT2D eigenvalue weighted by molar-refractivity contribution is -0.120. The average molecular weight is 545 g/mol. The molecule has 208 valence electrons. The number of piperazine rings is 1. The molecule has 0 unspecified atom stereocenters. The summed E-state index contributed by atoms with van der Waals surface area (Å²) in [6, 6.07) is 13.9. The maximum Gasteiger partial charge on any atom is 0.227 e. The Balaban J connectivity index is 1.25. The number of carbonyl (C=O) groups excluding carboxylic acids is 1. The molecule has 4 rings (SSSR count). The maximum atomic E-state index is 12.8. The fraction of sp³-hybridized carbons (Fsp3) is 0.536. The predicted octanol–water partition coefficient (Wildman–Crippen LogP) is 3.86. The van der Waals surface area contributed by atoms with E-state index in [4.69, 9.17) is 9.47 Å². The SMILES string of the molecule is COc1ccc(N2CCN(c3ccc(NC(=O)C4CCC(NS(=O)(=O)C(C)C)CC4)cc3)CC2)cc1OC. The summed E-state index contributed by atoms with van der Waals surface area (Å²) in [6.07, 6.45) is 2.72. The summed E-state index contributed by atoms with van der Waals surface area (Å²) in [4.78, 5) is 17.5. The first-order valence-electron chi connectivity index (χ1n) is 13.3. The zero-order valence-electron chi connectivity index (χ0n) is 22.8. The van der Waals surface area contributed by atoms with Crippen molar-refractivity contribution in [1.82, 2.24) is 4.72 Å². The van der Waals surface area contributed by atoms with Crippen LogP contribution in [0, 0.1) is 5.92 Å². The minimum Gasteiger partial charge on any atom is -0.493 e. The highest BCUT2D eigenvalue weighted by Crippen LogP contribution is 2.32. The van der Waals surface area contributed by atoms with Gasteiger partial charge in [0.2, 0.25) is 15.9 Å². The van der Waals surface area contributed by atoms with Crippen molar-refractivity contribution < 1.29 is 22.7 Å². The molecule has 10 heteroatoms. The van der Waals surface area contributed by atoms with E-state index in [0.717, 1.165) is 54.7 Å². The molecule has 1 saturated carbocycles. The molecule has 1 saturated heterocycles. The van der Waals surface area contributed by atoms with Crippen LogP contribution in [0.2, 0.25) is 0 Å². The molecule has 38 heavy (non-hydrogen) atoms. The Bertz CT molecular complexity index is 1190. The molecule has 2 aromatic rings. The number of nitrogens with zero attached hydrogens (tertiary/aromatic N) is 2. The van der Waals surface area contributed by atoms with Crippen molar-refractivity contribution in [2.24, 2.45) is 5.92 Å². The number of anilines is 3. The van der Waals surface area contributed by atoms with Gasteiger partial charge in [0.05, 0.1) is 19.5 Å². The molecule has 9 nitrogen and oxygen atoms in total. The van der Waals surface area contributed by atoms with Crippen LogP contribution in [0.15, 0.2) is 42.5 Å². The van der Waals surface area contributed by atoms with Crippen LogP contribution in [0.4, 0.5) is 17.1 Å². The van der Waals surface area contributed by atoms with E-state index in [9.17, 15) is 13.2 Å². The first-order chi connectivity index (χ1) is 18.2. The molecule has 0 spiro atoms. The van der Waals surface area contributed by atoms with Crippen LogP contribution in [0.1, 0.15) is 39.5 Å². The summed E-state index contributed by atoms with van der Waals surface area (Å²) in [5.41, 5.74) is 3.03. The van der Waals surface area contributed by atoms with Crippen molar-refractivity contribution in [2.75, 3.05) is 55.5 Å². The average Bonchev–Trinajstić information content (AvgIpc) is 2.93. The third-order valence-corrected chi connectivity index (χ3v) is 9.46. The van der Waals surface area contributed by atoms with Gasteiger partial charge in [-0.2, -0.15) is 0 Å². The number of hydrogen-bond acceptors (Lipinski definition) is 7. The number of nitrogens with one attached hydrogen (secondary N) is 2. The second-order valence-electron chi connectivity index (χ2n) is 10.3. The number of rotatable bonds is 9. The molecule has 0 atom stereocenters. The zero-order chi connectivity index (χ0) is 27.3. The standard InChI is InChI=1S/C28H40N4O5S/c1-20(2)38(34,35)30-23-7-5-21(6-8-23)28(33)29-22-9-11-24(12-10-22)31-15-17-32(18-16-31)25-13-14-26(36-3)27(19-25)37-4/h9-14,19-21,23,30H,5-8,15-18H2,1-4H3,(H,29,33). The third kappa shape index (κ3) is 6.71. The van der Waals surface area contributed by atoms with Crippen LogP contribution in [0.25, 0.3) is 0 Å². The minimum absolute atomic E-state index is 0.00597. The van der Waals surface area contributed by atoms with Gasteiger partial charge in [0.1, 0.15) is 0 Å². The number of carbonyl (C=O) groups is 1. The molecule has 1 heterocycles. The largest absolute Gasteiger partial charge is 0.493 e. The predicted molar refractivity (Wildman–Crippen MR) is 152 cm³/mol. The Morgan fingerprint density at radius 1 is 0.842 bits per heavy atom. The second-order valence-corrected chi connectivity index (χ2v) is 12.6. The van der Waals surface area contributed by atoms with Gasteiger partial charge in [-0.1, -0.05) is 0 Å². The summed E-state index contributed by atoms with van der Waals surface area (Å²) < 4.78 is 37.8. The molecule has 2 fully saturated rings. The Kier molecular flexibility index (Phi) is 9.04. The summed E-state index contributed by atoms with van der Waals surface area (Å²) in [6.45, 7) is 6.92. The van der Waals surface area contributed by atoms with Crippen molar-refractivity contribution in [3.8, 4) is 11.5 Å². The van der Waals surface area contributed by atoms with Crippen LogP contribution in [0.5, 0.6) is 11.5 Å². The molecule has 2 aromatic carbocycles. The van der Waals surface area contributed by atoms with E-state index < -0.39 is 15.3 Å². The summed E-state index contributed by atoms with van der Waals surface area (Å²) >= 11 is 0. The van der Waals surface area contributed by atoms with Gasteiger partial charge in [-0.25, -0.2) is 13.1 Å². The van der Waals surface area contributed by atoms with Gasteiger partial charge in [-0.3, -0.25) is 4.79 Å². The van der Waals surface area contributed by atoms with Gasteiger partial charge in [-0.15, -0.1) is 0 Å². The molecule has 2 aliphatic rings. The smallest absolute Gasteiger partial charge is 0.227 e. The Hall–Kier alpha value is -2.98. The number of ether oxygens (including phenoxy) is 2. The Labute approximate surface area is 226 Å². The number of benzene rings is 2. The van der Waals surface area contributed by atoms with Crippen LogP contribution >= 0.6 is 0 Å². The van der Waals surface area contributed by atoms with E-state index >= 15 is 0 Å². The minimum atomic E-state index is -3.29. The Morgan fingerprint density at radius 2 is 1.39 bits per heavy atom. The van der Waals surface area contributed by atoms with Crippen LogP contribution < -0.4 is 29.3 Å². The monoisotopic (exact) mass is 544 g/mol. The van der Waals surface area contributed by atoms with Crippen LogP contribution in [0.3, 0.4) is 0 Å². The van der Waals surface area contributed by atoms with Gasteiger partial charge in [0.15, 0.2) is 11.5 Å². The lowest BCUT2D eigenvalue weighted by Crippen LogP contribution is -2.46. The zero-order valence-corrected chi connectivity index (χ0v) is 23.6. The molecule has 1 aliphatic heterocycles. The Morgan fingerprint density at radius 3 is 1.95 bits per heavy atom. The normalized spacial score (nSPS) is 20.3. The van der Waals surface area contributed by atoms with Crippen LogP contribution in [-0.4, -0.2) is 66.0 Å². The fourth-order valence-corrected chi connectivity index (χ4v) is 6.06. The van der Waals surface area contributed by atoms with E-state index in [1.807, 2.05) is 24.3 Å². The molecular weight excluding hydrogens is 504 g/mol. The van der Waals surface area contributed by atoms with Crippen LogP contribution in [-0.2, 0) is 14.8 Å². The van der Waals surface area contributed by atoms with E-state index in [1.165, 1.54) is 0 Å². The molecular formula is C28H40N4O5S. The number of hydrogen-bond donors (Lipinski definition) is 2. The van der Waals surface area contributed by atoms with Crippen molar-refractivity contribution in [3.63, 3.8) is 0 Å². The number of amides is 1. The second kappa shape index (κ2) is 12.3. The van der Waals surface area contributed by atoms with Gasteiger partial charge >= 0.3 is 0 Å². The highest BCUT2D eigenvalue weighted by Gasteiger charge is 2.29. The van der Waals surface area contributed by atoms with Crippen molar-refractivity contribution in [1.29, 1.82) is 0 Å². The summed E-state index contributed by atoms with van der Waals surface area (Å²) in [7, 11) is 0.00213. The number of sulfonamides is 1. The lowest BCUT2D eigenvalue weighted by atomic mass is 9.86. The molecule has 0 bridgehead atoms. The van der Waals surface area contributed by atoms with Crippen molar-refractivity contribution >= 4 is 33.0 Å². The summed E-state index contributed by atoms with van der Waals surface area (Å²) in [5.74, 6) is 1.36. The molecule has 2 N–H and O–H groups in total. The van der Waals surface area contributed by atoms with E-state index in [0.29, 0.717) is 25.7 Å². The van der Waals surface area contributed by atoms with Crippen molar-refractivity contribution in [2.45, 2.75) is 50.8 Å².